The van der Waals surface area contributed by atoms with Gasteiger partial charge in [0.1, 0.15) is 0 Å². The Morgan fingerprint density at radius 3 is 2.35 bits per heavy atom. The fourth-order valence-electron chi connectivity index (χ4n) is 3.95. The van der Waals surface area contributed by atoms with E-state index < -0.39 is 0 Å². The molecule has 1 aromatic heterocycles. The van der Waals surface area contributed by atoms with Crippen molar-refractivity contribution in [3.8, 4) is 0 Å². The molecule has 2 fully saturated rings. The highest BCUT2D eigenvalue weighted by Gasteiger charge is 2.29. The molecule has 1 aromatic rings. The minimum absolute atomic E-state index is 0.241. The molecule has 130 valence electrons. The summed E-state index contributed by atoms with van der Waals surface area (Å²) in [6.07, 6.45) is 7.61. The molecule has 0 aliphatic carbocycles. The second-order valence-electron chi connectivity index (χ2n) is 7.67. The first-order chi connectivity index (χ1) is 11.1. The maximum Gasteiger partial charge on any atom is 0.233 e. The van der Waals surface area contributed by atoms with Crippen LogP contribution in [0.2, 0.25) is 0 Å². The van der Waals surface area contributed by atoms with Crippen molar-refractivity contribution < 1.29 is 4.42 Å². The largest absolute Gasteiger partial charge is 0.424 e. The third-order valence-electron chi connectivity index (χ3n) is 5.38. The Morgan fingerprint density at radius 2 is 1.70 bits per heavy atom. The second-order valence-corrected chi connectivity index (χ2v) is 7.67. The van der Waals surface area contributed by atoms with Crippen LogP contribution in [0.15, 0.2) is 4.42 Å². The molecule has 2 saturated heterocycles. The summed E-state index contributed by atoms with van der Waals surface area (Å²) < 4.78 is 5.88. The van der Waals surface area contributed by atoms with E-state index >= 15 is 0 Å². The lowest BCUT2D eigenvalue weighted by Gasteiger charge is -2.41. The second kappa shape index (κ2) is 7.75. The highest BCUT2D eigenvalue weighted by Crippen LogP contribution is 2.27. The predicted molar refractivity (Wildman–Crippen MR) is 91.3 cm³/mol. The Bertz CT molecular complexity index is 473. The van der Waals surface area contributed by atoms with Crippen LogP contribution in [-0.4, -0.2) is 52.2 Å². The quantitative estimate of drug-likeness (QED) is 0.833. The number of piperidine rings is 2. The van der Waals surface area contributed by atoms with Crippen LogP contribution in [0.1, 0.15) is 70.7 Å². The topological polar surface area (TPSA) is 45.4 Å². The number of hydrogen-bond donors (Lipinski definition) is 0. The van der Waals surface area contributed by atoms with Gasteiger partial charge in [-0.05, 0) is 51.6 Å². The highest BCUT2D eigenvalue weighted by atomic mass is 16.4. The number of aromatic nitrogens is 2. The van der Waals surface area contributed by atoms with Crippen LogP contribution >= 0.6 is 0 Å². The maximum absolute atomic E-state index is 5.88. The lowest BCUT2D eigenvalue weighted by molar-refractivity contribution is 0.0690. The van der Waals surface area contributed by atoms with E-state index in [0.717, 1.165) is 37.3 Å². The van der Waals surface area contributed by atoms with E-state index in [0.29, 0.717) is 5.92 Å². The summed E-state index contributed by atoms with van der Waals surface area (Å²) >= 11 is 0. The van der Waals surface area contributed by atoms with E-state index in [1.54, 1.807) is 0 Å². The molecular weight excluding hydrogens is 288 g/mol. The van der Waals surface area contributed by atoms with Crippen molar-refractivity contribution in [1.82, 2.24) is 20.0 Å². The molecule has 0 saturated carbocycles. The number of nitrogens with zero attached hydrogens (tertiary/aromatic N) is 4. The van der Waals surface area contributed by atoms with Gasteiger partial charge >= 0.3 is 0 Å². The third kappa shape index (κ3) is 4.32. The van der Waals surface area contributed by atoms with Crippen molar-refractivity contribution in [3.05, 3.63) is 11.8 Å². The lowest BCUT2D eigenvalue weighted by Crippen LogP contribution is -2.47. The molecule has 2 aliphatic heterocycles. The highest BCUT2D eigenvalue weighted by molar-refractivity contribution is 4.92. The fraction of sp³-hybridized carbons (Fsp3) is 0.889. The standard InChI is InChI=1S/C18H32N4O/c1-14(2)13-17-19-20-18(23-17)15(3)21-11-7-16(8-12-21)22-9-5-4-6-10-22/h14-16H,4-13H2,1-3H3/t15-/m1/s1. The first-order valence-corrected chi connectivity index (χ1v) is 9.44. The van der Waals surface area contributed by atoms with E-state index in [1.807, 2.05) is 0 Å². The predicted octanol–water partition coefficient (Wildman–Crippen LogP) is 3.28. The molecule has 0 unspecified atom stereocenters. The molecular formula is C18H32N4O. The molecule has 1 atom stereocenters. The normalized spacial score (nSPS) is 23.5. The zero-order valence-corrected chi connectivity index (χ0v) is 15.0. The SMILES string of the molecule is CC(C)Cc1nnc([C@@H](C)N2CCC(N3CCCCC3)CC2)o1. The Labute approximate surface area is 140 Å². The summed E-state index contributed by atoms with van der Waals surface area (Å²) in [4.78, 5) is 5.23. The van der Waals surface area contributed by atoms with Crippen molar-refractivity contribution in [1.29, 1.82) is 0 Å². The first kappa shape index (κ1) is 16.9. The molecule has 0 bridgehead atoms. The molecule has 0 aromatic carbocycles. The molecule has 0 spiro atoms. The van der Waals surface area contributed by atoms with Crippen LogP contribution < -0.4 is 0 Å². The van der Waals surface area contributed by atoms with Crippen molar-refractivity contribution >= 4 is 0 Å². The van der Waals surface area contributed by atoms with Crippen LogP contribution in [-0.2, 0) is 6.42 Å². The average Bonchev–Trinajstić information content (AvgIpc) is 3.03. The first-order valence-electron chi connectivity index (χ1n) is 9.44. The maximum atomic E-state index is 5.88. The van der Waals surface area contributed by atoms with Gasteiger partial charge in [0.05, 0.1) is 6.04 Å². The third-order valence-corrected chi connectivity index (χ3v) is 5.38. The van der Waals surface area contributed by atoms with Gasteiger partial charge in [-0.3, -0.25) is 4.90 Å². The summed E-state index contributed by atoms with van der Waals surface area (Å²) in [7, 11) is 0. The van der Waals surface area contributed by atoms with Crippen molar-refractivity contribution in [2.24, 2.45) is 5.92 Å². The Balaban J connectivity index is 1.51. The van der Waals surface area contributed by atoms with E-state index in [1.165, 1.54) is 45.2 Å². The number of rotatable bonds is 5. The zero-order chi connectivity index (χ0) is 16.2. The summed E-state index contributed by atoms with van der Waals surface area (Å²) in [6, 6.07) is 1.03. The summed E-state index contributed by atoms with van der Waals surface area (Å²) in [6.45, 7) is 11.5. The van der Waals surface area contributed by atoms with E-state index in [-0.39, 0.29) is 6.04 Å². The molecule has 3 heterocycles. The molecule has 3 rings (SSSR count). The molecule has 5 nitrogen and oxygen atoms in total. The average molecular weight is 320 g/mol. The number of likely N-dealkylation sites (tertiary alicyclic amines) is 2. The van der Waals surface area contributed by atoms with Gasteiger partial charge in [-0.1, -0.05) is 20.3 Å². The molecule has 5 heteroatoms. The van der Waals surface area contributed by atoms with Crippen LogP contribution in [0, 0.1) is 5.92 Å². The van der Waals surface area contributed by atoms with Crippen LogP contribution in [0.4, 0.5) is 0 Å². The molecule has 23 heavy (non-hydrogen) atoms. The van der Waals surface area contributed by atoms with Crippen LogP contribution in [0.5, 0.6) is 0 Å². The van der Waals surface area contributed by atoms with Crippen molar-refractivity contribution in [2.75, 3.05) is 26.2 Å². The number of hydrogen-bond acceptors (Lipinski definition) is 5. The van der Waals surface area contributed by atoms with Gasteiger partial charge in [0.25, 0.3) is 0 Å². The van der Waals surface area contributed by atoms with E-state index in [2.05, 4.69) is 40.8 Å². The van der Waals surface area contributed by atoms with Gasteiger partial charge in [-0.25, -0.2) is 0 Å². The summed E-state index contributed by atoms with van der Waals surface area (Å²) in [5.41, 5.74) is 0. The monoisotopic (exact) mass is 320 g/mol. The van der Waals surface area contributed by atoms with Gasteiger partial charge < -0.3 is 9.32 Å². The Hall–Kier alpha value is -0.940. The zero-order valence-electron chi connectivity index (χ0n) is 15.0. The molecule has 0 amide bonds. The molecule has 0 N–H and O–H groups in total. The van der Waals surface area contributed by atoms with Crippen molar-refractivity contribution in [2.45, 2.75) is 71.4 Å². The fourth-order valence-corrected chi connectivity index (χ4v) is 3.95. The lowest BCUT2D eigenvalue weighted by atomic mass is 9.99. The van der Waals surface area contributed by atoms with Crippen LogP contribution in [0.3, 0.4) is 0 Å². The van der Waals surface area contributed by atoms with Gasteiger partial charge in [0, 0.05) is 25.6 Å². The van der Waals surface area contributed by atoms with Gasteiger partial charge in [0.2, 0.25) is 11.8 Å². The Kier molecular flexibility index (Phi) is 5.70. The molecule has 2 aliphatic rings. The minimum Gasteiger partial charge on any atom is -0.424 e. The van der Waals surface area contributed by atoms with E-state index in [4.69, 9.17) is 4.42 Å². The minimum atomic E-state index is 0.241. The van der Waals surface area contributed by atoms with Gasteiger partial charge in [-0.15, -0.1) is 10.2 Å². The van der Waals surface area contributed by atoms with Gasteiger partial charge in [-0.2, -0.15) is 0 Å². The van der Waals surface area contributed by atoms with Gasteiger partial charge in [0.15, 0.2) is 0 Å². The summed E-state index contributed by atoms with van der Waals surface area (Å²) in [5, 5.41) is 8.49. The van der Waals surface area contributed by atoms with Crippen LogP contribution in [0.25, 0.3) is 0 Å². The van der Waals surface area contributed by atoms with Crippen molar-refractivity contribution in [3.63, 3.8) is 0 Å². The smallest absolute Gasteiger partial charge is 0.233 e. The summed E-state index contributed by atoms with van der Waals surface area (Å²) in [5.74, 6) is 2.13. The van der Waals surface area contributed by atoms with E-state index in [9.17, 15) is 0 Å². The Morgan fingerprint density at radius 1 is 1.00 bits per heavy atom. The molecule has 0 radical (unpaired) electrons.